The van der Waals surface area contributed by atoms with Gasteiger partial charge in [-0.15, -0.1) is 18.3 Å². The van der Waals surface area contributed by atoms with Gasteiger partial charge in [0.15, 0.2) is 5.78 Å². The largest absolute Gasteiger partial charge is 1.00 e. The first-order chi connectivity index (χ1) is 15.7. The summed E-state index contributed by atoms with van der Waals surface area (Å²) in [5.41, 5.74) is 2.72. The Morgan fingerprint density at radius 3 is 2.15 bits per heavy atom. The van der Waals surface area contributed by atoms with Crippen molar-refractivity contribution in [1.29, 1.82) is 0 Å². The van der Waals surface area contributed by atoms with Crippen LogP contribution < -0.4 is 61.6 Å². The van der Waals surface area contributed by atoms with E-state index in [-0.39, 0.29) is 74.4 Å². The summed E-state index contributed by atoms with van der Waals surface area (Å²) in [4.78, 5) is 26.0. The number of hydrogen-bond acceptors (Lipinski definition) is 5. The van der Waals surface area contributed by atoms with Gasteiger partial charge in [-0.1, -0.05) is 26.5 Å². The van der Waals surface area contributed by atoms with Gasteiger partial charge >= 0.3 is 51.4 Å². The van der Waals surface area contributed by atoms with Crippen molar-refractivity contribution in [2.24, 2.45) is 5.92 Å². The first-order valence-electron chi connectivity index (χ1n) is 11.2. The zero-order chi connectivity index (χ0) is 23.8. The van der Waals surface area contributed by atoms with Gasteiger partial charge in [0.2, 0.25) is 5.91 Å². The molecule has 1 aliphatic rings. The number of amides is 1. The molecule has 34 heavy (non-hydrogen) atoms. The molecule has 1 saturated heterocycles. The maximum Gasteiger partial charge on any atom is 1.00 e. The van der Waals surface area contributed by atoms with Crippen LogP contribution in [0.5, 0.6) is 0 Å². The van der Waals surface area contributed by atoms with Gasteiger partial charge in [0.05, 0.1) is 0 Å². The van der Waals surface area contributed by atoms with Crippen LogP contribution >= 0.6 is 0 Å². The van der Waals surface area contributed by atoms with E-state index in [2.05, 4.69) is 48.4 Å². The fourth-order valence-corrected chi connectivity index (χ4v) is 3.56. The van der Waals surface area contributed by atoms with E-state index < -0.39 is 0 Å². The normalized spacial score (nSPS) is 13.8. The van der Waals surface area contributed by atoms with E-state index in [1.165, 1.54) is 0 Å². The third-order valence-corrected chi connectivity index (χ3v) is 5.62. The Bertz CT molecular complexity index is 1020. The Hall–Kier alpha value is -1.77. The zero-order valence-electron chi connectivity index (χ0n) is 20.7. The van der Waals surface area contributed by atoms with Crippen molar-refractivity contribution in [3.05, 3.63) is 78.2 Å². The van der Waals surface area contributed by atoms with Crippen molar-refractivity contribution in [2.75, 3.05) is 23.3 Å². The molecule has 0 radical (unpaired) electrons. The number of aromatic nitrogens is 1. The Balaban J connectivity index is 0.000000345. The molecule has 1 N–H and O–H groups in total. The van der Waals surface area contributed by atoms with Gasteiger partial charge in [0, 0.05) is 30.3 Å². The van der Waals surface area contributed by atoms with Crippen molar-refractivity contribution < 1.29 is 65.5 Å². The number of ketones is 1. The van der Waals surface area contributed by atoms with Crippen molar-refractivity contribution in [2.45, 2.75) is 46.0 Å². The summed E-state index contributed by atoms with van der Waals surface area (Å²) in [6.07, 6.45) is 4.28. The molecule has 0 saturated carbocycles. The molecule has 0 bridgehead atoms. The minimum atomic E-state index is 0. The van der Waals surface area contributed by atoms with Gasteiger partial charge in [-0.05, 0) is 55.2 Å². The number of anilines is 2. The predicted molar refractivity (Wildman–Crippen MR) is 129 cm³/mol. The fraction of sp³-hybridized carbons (Fsp3) is 0.370. The smallest absolute Gasteiger partial charge is 0.470 e. The number of hydrogen-bond donors (Lipinski definition) is 1. The summed E-state index contributed by atoms with van der Waals surface area (Å²) < 4.78 is 4.89. The molecule has 0 unspecified atom stereocenters. The summed E-state index contributed by atoms with van der Waals surface area (Å²) in [5, 5.41) is 6.46. The maximum atomic E-state index is 12.4. The first-order valence-corrected chi connectivity index (χ1v) is 11.2. The average molecular weight is 485 g/mol. The van der Waals surface area contributed by atoms with Gasteiger partial charge in [-0.2, -0.15) is 24.3 Å². The molecule has 1 amide bonds. The number of nitrogens with one attached hydrogen (secondary N) is 1. The monoisotopic (exact) mass is 484 g/mol. The van der Waals surface area contributed by atoms with Gasteiger partial charge in [-0.3, -0.25) is 9.59 Å². The zero-order valence-corrected chi connectivity index (χ0v) is 23.8. The second-order valence-corrected chi connectivity index (χ2v) is 9.21. The molecular weight excluding hydrogens is 453 g/mol. The maximum absolute atomic E-state index is 12.4. The molecule has 2 heterocycles. The van der Waals surface area contributed by atoms with E-state index in [0.29, 0.717) is 0 Å². The molecule has 1 aliphatic heterocycles. The molecular formula is C27H31KN3O3-. The minimum absolute atomic E-state index is 0. The predicted octanol–water partition coefficient (Wildman–Crippen LogP) is 2.32. The minimum Gasteiger partial charge on any atom is -0.470 e. The second-order valence-electron chi connectivity index (χ2n) is 9.21. The Labute approximate surface area is 244 Å². The summed E-state index contributed by atoms with van der Waals surface area (Å²) in [5.74, 6) is 1.09. The molecule has 0 spiro atoms. The summed E-state index contributed by atoms with van der Waals surface area (Å²) >= 11 is 0. The molecule has 3 aromatic rings. The number of Topliss-reactive ketones (excluding diaryl/α,β-unsaturated/α-hetero) is 1. The molecule has 174 valence electrons. The van der Waals surface area contributed by atoms with Crippen molar-refractivity contribution in [3.8, 4) is 0 Å². The summed E-state index contributed by atoms with van der Waals surface area (Å²) in [7, 11) is 0. The number of benzene rings is 2. The van der Waals surface area contributed by atoms with Crippen LogP contribution in [0.3, 0.4) is 0 Å². The number of nitrogens with zero attached hydrogens (tertiary/aromatic N) is 2. The molecule has 4 rings (SSSR count). The van der Waals surface area contributed by atoms with Crippen LogP contribution in [0.2, 0.25) is 0 Å². The van der Waals surface area contributed by atoms with E-state index in [4.69, 9.17) is 4.52 Å². The molecule has 1 aromatic heterocycles. The topological polar surface area (TPSA) is 75.4 Å². The molecule has 2 aromatic carbocycles. The van der Waals surface area contributed by atoms with E-state index in [1.807, 2.05) is 36.4 Å². The van der Waals surface area contributed by atoms with E-state index >= 15 is 0 Å². The Kier molecular flexibility index (Phi) is 11.2. The molecule has 6 nitrogen and oxygen atoms in total. The van der Waals surface area contributed by atoms with Crippen LogP contribution in [-0.2, 0) is 10.2 Å². The van der Waals surface area contributed by atoms with Gasteiger partial charge in [-0.25, -0.2) is 5.16 Å². The van der Waals surface area contributed by atoms with E-state index in [0.717, 1.165) is 48.6 Å². The number of carbonyl (C=O) groups is 2. The number of rotatable bonds is 4. The molecule has 1 fully saturated rings. The van der Waals surface area contributed by atoms with Gasteiger partial charge in [0.1, 0.15) is 0 Å². The van der Waals surface area contributed by atoms with Gasteiger partial charge < -0.3 is 14.7 Å². The third kappa shape index (κ3) is 8.47. The quantitative estimate of drug-likeness (QED) is 0.350. The van der Waals surface area contributed by atoms with Crippen molar-refractivity contribution in [1.82, 2.24) is 5.16 Å². The fourth-order valence-electron chi connectivity index (χ4n) is 3.56. The van der Waals surface area contributed by atoms with Crippen LogP contribution in [0.4, 0.5) is 11.4 Å². The third-order valence-electron chi connectivity index (χ3n) is 5.62. The van der Waals surface area contributed by atoms with Crippen molar-refractivity contribution in [3.63, 3.8) is 0 Å². The van der Waals surface area contributed by atoms with Crippen LogP contribution in [-0.4, -0.2) is 29.9 Å². The van der Waals surface area contributed by atoms with Crippen molar-refractivity contribution >= 4 is 23.1 Å². The molecule has 7 heteroatoms. The standard InChI is InChI=1S/C20H21N2O2.C7H10NO.K/c1-15(23)16-7-9-19(10-8-16)22-13-11-17(12-14-22)20(24)21-18-5-3-2-4-6-18;1-7(2,3)6-4-5-8-9-6;/h3-10,17H,11-14H2,1H3,(H,21,24);4H,1-3H3;/q2*-1;+1. The van der Waals surface area contributed by atoms with Crippen LogP contribution in [0.15, 0.2) is 59.1 Å². The SMILES string of the molecule is CC(=O)c1ccc(N2CCC(C(=O)Nc3cc[c-]cc3)CC2)cc1.CC(C)(C)c1c[c-]no1.[K+]. The molecule has 0 atom stereocenters. The first kappa shape index (κ1) is 28.5. The second kappa shape index (κ2) is 13.4. The number of carbonyl (C=O) groups excluding carboxylic acids is 2. The van der Waals surface area contributed by atoms with E-state index in [1.54, 1.807) is 25.1 Å². The van der Waals surface area contributed by atoms with Crippen LogP contribution in [0, 0.1) is 18.2 Å². The summed E-state index contributed by atoms with van der Waals surface area (Å²) in [6.45, 7) is 9.48. The Morgan fingerprint density at radius 2 is 1.68 bits per heavy atom. The van der Waals surface area contributed by atoms with Gasteiger partial charge in [0.25, 0.3) is 0 Å². The Morgan fingerprint density at radius 1 is 1.06 bits per heavy atom. The average Bonchev–Trinajstić information content (AvgIpc) is 3.36. The summed E-state index contributed by atoms with van der Waals surface area (Å²) in [6, 6.07) is 19.7. The number of piperidine rings is 1. The van der Waals surface area contributed by atoms with Crippen LogP contribution in [0.1, 0.15) is 56.7 Å². The molecule has 0 aliphatic carbocycles. The van der Waals surface area contributed by atoms with E-state index in [9.17, 15) is 9.59 Å². The van der Waals surface area contributed by atoms with Crippen LogP contribution in [0.25, 0.3) is 0 Å².